The van der Waals surface area contributed by atoms with Gasteiger partial charge in [-0.05, 0) is 29.7 Å². The highest BCUT2D eigenvalue weighted by Crippen LogP contribution is 2.21. The number of hydrogen-bond donors (Lipinski definition) is 2. The summed E-state index contributed by atoms with van der Waals surface area (Å²) in [4.78, 5) is 16.1. The van der Waals surface area contributed by atoms with Gasteiger partial charge < -0.3 is 10.6 Å². The normalized spacial score (nSPS) is 10.3. The van der Waals surface area contributed by atoms with Crippen molar-refractivity contribution >= 4 is 28.1 Å². The van der Waals surface area contributed by atoms with Gasteiger partial charge >= 0.3 is 0 Å². The van der Waals surface area contributed by atoms with Crippen LogP contribution < -0.4 is 10.6 Å². The van der Waals surface area contributed by atoms with Gasteiger partial charge in [0.05, 0.1) is 12.2 Å². The van der Waals surface area contributed by atoms with E-state index >= 15 is 0 Å². The van der Waals surface area contributed by atoms with Crippen molar-refractivity contribution < 1.29 is 4.79 Å². The molecule has 0 saturated carbocycles. The van der Waals surface area contributed by atoms with Crippen LogP contribution in [0.1, 0.15) is 0 Å². The molecule has 2 aromatic carbocycles. The van der Waals surface area contributed by atoms with E-state index in [0.717, 1.165) is 22.1 Å². The summed E-state index contributed by atoms with van der Waals surface area (Å²) < 4.78 is 0. The van der Waals surface area contributed by atoms with Crippen LogP contribution in [-0.4, -0.2) is 17.4 Å². The fourth-order valence-corrected chi connectivity index (χ4v) is 2.16. The van der Waals surface area contributed by atoms with Crippen molar-refractivity contribution in [3.63, 3.8) is 0 Å². The minimum atomic E-state index is -0.0878. The van der Waals surface area contributed by atoms with Crippen molar-refractivity contribution in [1.29, 1.82) is 0 Å². The molecule has 104 valence electrons. The van der Waals surface area contributed by atoms with Gasteiger partial charge in [0, 0.05) is 23.5 Å². The smallest absolute Gasteiger partial charge is 0.243 e. The Bertz CT molecular complexity index is 751. The molecule has 0 unspecified atom stereocenters. The van der Waals surface area contributed by atoms with Crippen molar-refractivity contribution in [2.24, 2.45) is 0 Å². The van der Waals surface area contributed by atoms with Gasteiger partial charge in [-0.1, -0.05) is 30.3 Å². The first-order valence-corrected chi connectivity index (χ1v) is 6.74. The van der Waals surface area contributed by atoms with Gasteiger partial charge in [-0.15, -0.1) is 0 Å². The Morgan fingerprint density at radius 3 is 2.71 bits per heavy atom. The Balaban J connectivity index is 1.69. The summed E-state index contributed by atoms with van der Waals surface area (Å²) >= 11 is 0. The van der Waals surface area contributed by atoms with Crippen LogP contribution in [0.2, 0.25) is 0 Å². The fourth-order valence-electron chi connectivity index (χ4n) is 2.16. The monoisotopic (exact) mass is 277 g/mol. The predicted molar refractivity (Wildman–Crippen MR) is 85.3 cm³/mol. The number of fused-ring (bicyclic) bond motifs is 1. The van der Waals surface area contributed by atoms with E-state index in [1.807, 2.05) is 54.6 Å². The number of amides is 1. The molecule has 0 fully saturated rings. The molecule has 4 nitrogen and oxygen atoms in total. The molecule has 1 heterocycles. The lowest BCUT2D eigenvalue weighted by Gasteiger charge is -2.09. The number of nitrogens with zero attached hydrogens (tertiary/aromatic N) is 1. The van der Waals surface area contributed by atoms with Gasteiger partial charge in [-0.3, -0.25) is 9.78 Å². The zero-order valence-electron chi connectivity index (χ0n) is 11.4. The first-order chi connectivity index (χ1) is 10.3. The Labute approximate surface area is 122 Å². The van der Waals surface area contributed by atoms with E-state index in [-0.39, 0.29) is 12.5 Å². The minimum absolute atomic E-state index is 0.0878. The van der Waals surface area contributed by atoms with Crippen LogP contribution in [-0.2, 0) is 4.79 Å². The zero-order valence-corrected chi connectivity index (χ0v) is 11.4. The lowest BCUT2D eigenvalue weighted by molar-refractivity contribution is -0.114. The molecule has 0 bridgehead atoms. The molecule has 0 atom stereocenters. The number of carbonyl (C=O) groups is 1. The van der Waals surface area contributed by atoms with Crippen LogP contribution in [0.5, 0.6) is 0 Å². The van der Waals surface area contributed by atoms with E-state index < -0.39 is 0 Å². The summed E-state index contributed by atoms with van der Waals surface area (Å²) in [5, 5.41) is 7.99. The maximum atomic E-state index is 12.0. The van der Waals surface area contributed by atoms with E-state index in [2.05, 4.69) is 15.6 Å². The third-order valence-electron chi connectivity index (χ3n) is 3.18. The second-order valence-electron chi connectivity index (χ2n) is 4.67. The van der Waals surface area contributed by atoms with E-state index in [4.69, 9.17) is 0 Å². The van der Waals surface area contributed by atoms with Crippen molar-refractivity contribution in [2.45, 2.75) is 0 Å². The largest absolute Gasteiger partial charge is 0.376 e. The molecule has 3 rings (SSSR count). The number of aromatic nitrogens is 1. The lowest BCUT2D eigenvalue weighted by Crippen LogP contribution is -2.21. The maximum absolute atomic E-state index is 12.0. The van der Waals surface area contributed by atoms with Crippen LogP contribution in [0, 0.1) is 0 Å². The molecule has 0 aliphatic rings. The molecule has 0 aliphatic heterocycles. The van der Waals surface area contributed by atoms with Gasteiger partial charge in [-0.2, -0.15) is 0 Å². The molecule has 0 aliphatic carbocycles. The topological polar surface area (TPSA) is 54.0 Å². The third-order valence-corrected chi connectivity index (χ3v) is 3.18. The molecule has 2 N–H and O–H groups in total. The fraction of sp³-hybridized carbons (Fsp3) is 0.0588. The molecule has 1 aromatic heterocycles. The first-order valence-electron chi connectivity index (χ1n) is 6.74. The minimum Gasteiger partial charge on any atom is -0.376 e. The first kappa shape index (κ1) is 13.1. The lowest BCUT2D eigenvalue weighted by atomic mass is 10.1. The van der Waals surface area contributed by atoms with Crippen molar-refractivity contribution in [3.8, 4) is 0 Å². The van der Waals surface area contributed by atoms with Crippen LogP contribution in [0.25, 0.3) is 10.8 Å². The highest BCUT2D eigenvalue weighted by molar-refractivity contribution is 6.02. The number of pyridine rings is 1. The Hall–Kier alpha value is -2.88. The highest BCUT2D eigenvalue weighted by Gasteiger charge is 2.05. The summed E-state index contributed by atoms with van der Waals surface area (Å²) in [6.45, 7) is 0.223. The van der Waals surface area contributed by atoms with Crippen LogP contribution >= 0.6 is 0 Å². The van der Waals surface area contributed by atoms with Crippen molar-refractivity contribution in [2.75, 3.05) is 17.2 Å². The van der Waals surface area contributed by atoms with Gasteiger partial charge in [-0.25, -0.2) is 0 Å². The van der Waals surface area contributed by atoms with Gasteiger partial charge in [0.2, 0.25) is 5.91 Å². The summed E-state index contributed by atoms with van der Waals surface area (Å²) in [6.07, 6.45) is 3.50. The molecule has 4 heteroatoms. The third kappa shape index (κ3) is 3.17. The number of anilines is 2. The molecule has 1 amide bonds. The standard InChI is InChI=1S/C17H15N3O/c21-17(12-19-14-6-2-1-3-7-14)20-16-8-4-5-13-9-10-18-11-15(13)16/h1-11,19H,12H2,(H,20,21). The molecule has 0 saturated heterocycles. The Morgan fingerprint density at radius 1 is 1.00 bits per heavy atom. The SMILES string of the molecule is O=C(CNc1ccccc1)Nc1cccc2ccncc12. The van der Waals surface area contributed by atoms with E-state index in [9.17, 15) is 4.79 Å². The van der Waals surface area contributed by atoms with Crippen LogP contribution in [0.15, 0.2) is 67.0 Å². The van der Waals surface area contributed by atoms with Crippen molar-refractivity contribution in [1.82, 2.24) is 4.98 Å². The number of nitrogens with one attached hydrogen (secondary N) is 2. The van der Waals surface area contributed by atoms with Gasteiger partial charge in [0.1, 0.15) is 0 Å². The summed E-state index contributed by atoms with van der Waals surface area (Å²) in [5.41, 5.74) is 1.70. The average molecular weight is 277 g/mol. The Morgan fingerprint density at radius 2 is 1.86 bits per heavy atom. The summed E-state index contributed by atoms with van der Waals surface area (Å²) in [5.74, 6) is -0.0878. The van der Waals surface area contributed by atoms with Crippen LogP contribution in [0.4, 0.5) is 11.4 Å². The highest BCUT2D eigenvalue weighted by atomic mass is 16.1. The van der Waals surface area contributed by atoms with E-state index in [1.165, 1.54) is 0 Å². The van der Waals surface area contributed by atoms with E-state index in [0.29, 0.717) is 0 Å². The number of benzene rings is 2. The average Bonchev–Trinajstić information content (AvgIpc) is 2.54. The zero-order chi connectivity index (χ0) is 14.5. The molecule has 3 aromatic rings. The molecular weight excluding hydrogens is 262 g/mol. The maximum Gasteiger partial charge on any atom is 0.243 e. The molecular formula is C17H15N3O. The summed E-state index contributed by atoms with van der Waals surface area (Å²) in [6, 6.07) is 17.4. The number of rotatable bonds is 4. The number of para-hydroxylation sites is 1. The van der Waals surface area contributed by atoms with Crippen molar-refractivity contribution in [3.05, 3.63) is 67.0 Å². The van der Waals surface area contributed by atoms with E-state index in [1.54, 1.807) is 12.4 Å². The second-order valence-corrected chi connectivity index (χ2v) is 4.67. The van der Waals surface area contributed by atoms with Crippen LogP contribution in [0.3, 0.4) is 0 Å². The number of hydrogen-bond acceptors (Lipinski definition) is 3. The predicted octanol–water partition coefficient (Wildman–Crippen LogP) is 3.29. The Kier molecular flexibility index (Phi) is 3.78. The van der Waals surface area contributed by atoms with Gasteiger partial charge in [0.15, 0.2) is 0 Å². The quantitative estimate of drug-likeness (QED) is 0.769. The molecule has 21 heavy (non-hydrogen) atoms. The summed E-state index contributed by atoms with van der Waals surface area (Å²) in [7, 11) is 0. The van der Waals surface area contributed by atoms with Gasteiger partial charge in [0.25, 0.3) is 0 Å². The molecule has 0 radical (unpaired) electrons. The molecule has 0 spiro atoms. The number of carbonyl (C=O) groups excluding carboxylic acids is 1. The second kappa shape index (κ2) is 6.05.